The van der Waals surface area contributed by atoms with Crippen LogP contribution in [0.4, 0.5) is 9.59 Å². The number of carbonyl (C=O) groups excluding carboxylic acids is 5. The first-order valence-electron chi connectivity index (χ1n) is 9.98. The Kier molecular flexibility index (Phi) is 11.0. The minimum absolute atomic E-state index is 0.0416. The Morgan fingerprint density at radius 3 is 2.00 bits per heavy atom. The number of hydrazine groups is 2. The van der Waals surface area contributed by atoms with E-state index in [2.05, 4.69) is 26.9 Å². The van der Waals surface area contributed by atoms with Crippen LogP contribution >= 0.6 is 0 Å². The van der Waals surface area contributed by atoms with Crippen LogP contribution in [-0.2, 0) is 25.7 Å². The number of hydrogen-bond acceptors (Lipinski definition) is 6. The van der Waals surface area contributed by atoms with E-state index in [4.69, 9.17) is 4.74 Å². The third-order valence-corrected chi connectivity index (χ3v) is 3.94. The van der Waals surface area contributed by atoms with Crippen LogP contribution in [0, 0.1) is 5.92 Å². The van der Waals surface area contributed by atoms with Gasteiger partial charge < -0.3 is 15.4 Å². The van der Waals surface area contributed by atoms with E-state index >= 15 is 0 Å². The van der Waals surface area contributed by atoms with E-state index in [1.54, 1.807) is 12.1 Å². The van der Waals surface area contributed by atoms with Gasteiger partial charge in [0.15, 0.2) is 0 Å². The van der Waals surface area contributed by atoms with Gasteiger partial charge in [-0.1, -0.05) is 44.2 Å². The second kappa shape index (κ2) is 13.5. The molecule has 0 bridgehead atoms. The highest BCUT2D eigenvalue weighted by Gasteiger charge is 2.23. The predicted octanol–water partition coefficient (Wildman–Crippen LogP) is 0.214. The number of urea groups is 1. The van der Waals surface area contributed by atoms with E-state index in [9.17, 15) is 24.0 Å². The highest BCUT2D eigenvalue weighted by molar-refractivity contribution is 5.89. The third-order valence-electron chi connectivity index (χ3n) is 3.94. The zero-order valence-electron chi connectivity index (χ0n) is 18.5. The first-order valence-corrected chi connectivity index (χ1v) is 9.98. The molecule has 0 aromatic heterocycles. The molecule has 0 radical (unpaired) electrons. The number of nitrogens with one attached hydrogen (secondary N) is 6. The van der Waals surface area contributed by atoms with Gasteiger partial charge >= 0.3 is 12.1 Å². The molecule has 2 atom stereocenters. The van der Waals surface area contributed by atoms with Gasteiger partial charge in [0.05, 0.1) is 0 Å². The molecular formula is C20H30N6O6. The maximum atomic E-state index is 12.4. The molecule has 0 aliphatic rings. The molecule has 6 amide bonds. The van der Waals surface area contributed by atoms with Crippen LogP contribution in [-0.4, -0.2) is 41.9 Å². The molecule has 176 valence electrons. The first-order chi connectivity index (χ1) is 15.1. The summed E-state index contributed by atoms with van der Waals surface area (Å²) in [5.74, 6) is -1.69. The van der Waals surface area contributed by atoms with E-state index in [1.165, 1.54) is 13.8 Å². The molecule has 1 rings (SSSR count). The topological polar surface area (TPSA) is 167 Å². The lowest BCUT2D eigenvalue weighted by molar-refractivity contribution is -0.128. The van der Waals surface area contributed by atoms with Crippen LogP contribution in [0.1, 0.15) is 39.7 Å². The summed E-state index contributed by atoms with van der Waals surface area (Å²) in [5, 5.41) is 4.81. The van der Waals surface area contributed by atoms with Gasteiger partial charge in [0, 0.05) is 6.92 Å². The molecule has 6 N–H and O–H groups in total. The molecule has 12 heteroatoms. The van der Waals surface area contributed by atoms with E-state index < -0.39 is 41.9 Å². The minimum Gasteiger partial charge on any atom is -0.445 e. The van der Waals surface area contributed by atoms with Crippen molar-refractivity contribution >= 4 is 29.8 Å². The van der Waals surface area contributed by atoms with Crippen molar-refractivity contribution in [3.05, 3.63) is 35.9 Å². The average molecular weight is 450 g/mol. The zero-order valence-corrected chi connectivity index (χ0v) is 18.5. The Bertz CT molecular complexity index is 801. The van der Waals surface area contributed by atoms with E-state index in [0.29, 0.717) is 6.42 Å². The monoisotopic (exact) mass is 450 g/mol. The van der Waals surface area contributed by atoms with Gasteiger partial charge in [-0.3, -0.25) is 25.2 Å². The number of alkyl carbamates (subject to hydrolysis) is 1. The summed E-state index contributed by atoms with van der Waals surface area (Å²) in [6.45, 7) is 6.45. The SMILES string of the molecule is CC(=O)N[C@@H](C)C(=O)NNC(=O)NNC(=O)[C@@H](CC(C)C)NC(=O)OCc1ccccc1. The molecule has 12 nitrogen and oxygen atoms in total. The maximum absolute atomic E-state index is 12.4. The number of hydrogen-bond donors (Lipinski definition) is 6. The number of rotatable bonds is 8. The molecule has 32 heavy (non-hydrogen) atoms. The molecule has 0 saturated heterocycles. The summed E-state index contributed by atoms with van der Waals surface area (Å²) < 4.78 is 5.12. The molecule has 0 fully saturated rings. The van der Waals surface area contributed by atoms with Gasteiger partial charge in [0.1, 0.15) is 18.7 Å². The fourth-order valence-electron chi connectivity index (χ4n) is 2.44. The van der Waals surface area contributed by atoms with Gasteiger partial charge in [0.25, 0.3) is 11.8 Å². The van der Waals surface area contributed by atoms with Crippen molar-refractivity contribution in [2.75, 3.05) is 0 Å². The molecule has 0 aliphatic carbocycles. The molecule has 0 aliphatic heterocycles. The second-order valence-corrected chi connectivity index (χ2v) is 7.37. The number of ether oxygens (including phenoxy) is 1. The summed E-state index contributed by atoms with van der Waals surface area (Å²) >= 11 is 0. The molecule has 1 aromatic rings. The third kappa shape index (κ3) is 10.8. The summed E-state index contributed by atoms with van der Waals surface area (Å²) in [4.78, 5) is 58.9. The lowest BCUT2D eigenvalue weighted by Crippen LogP contribution is -2.58. The summed E-state index contributed by atoms with van der Waals surface area (Å²) in [6.07, 6.45) is -0.487. The van der Waals surface area contributed by atoms with Crippen molar-refractivity contribution in [2.45, 2.75) is 52.8 Å². The smallest absolute Gasteiger partial charge is 0.408 e. The van der Waals surface area contributed by atoms with Crippen molar-refractivity contribution in [3.63, 3.8) is 0 Å². The fourth-order valence-corrected chi connectivity index (χ4v) is 2.44. The van der Waals surface area contributed by atoms with Gasteiger partial charge in [-0.25, -0.2) is 20.4 Å². The van der Waals surface area contributed by atoms with Gasteiger partial charge in [-0.2, -0.15) is 0 Å². The quantitative estimate of drug-likeness (QED) is 0.310. The van der Waals surface area contributed by atoms with Crippen LogP contribution in [0.5, 0.6) is 0 Å². The van der Waals surface area contributed by atoms with Crippen LogP contribution in [0.25, 0.3) is 0 Å². The summed E-state index contributed by atoms with van der Waals surface area (Å²) in [6, 6.07) is 6.28. The maximum Gasteiger partial charge on any atom is 0.408 e. The Balaban J connectivity index is 2.48. The normalized spacial score (nSPS) is 12.0. The standard InChI is InChI=1S/C20H30N6O6/c1-12(2)10-16(22-20(31)32-11-15-8-6-5-7-9-15)18(29)24-26-19(30)25-23-17(28)13(3)21-14(4)27/h5-9,12-13,16H,10-11H2,1-4H3,(H,21,27)(H,22,31)(H,23,28)(H,24,29)(H2,25,26,30)/t13-,16+/m0/s1. The molecule has 0 unspecified atom stereocenters. The Morgan fingerprint density at radius 1 is 0.844 bits per heavy atom. The Labute approximate surface area is 186 Å². The van der Waals surface area contributed by atoms with Crippen LogP contribution in [0.3, 0.4) is 0 Å². The van der Waals surface area contributed by atoms with Crippen molar-refractivity contribution in [1.82, 2.24) is 32.3 Å². The minimum atomic E-state index is -0.965. The van der Waals surface area contributed by atoms with E-state index in [1.807, 2.05) is 37.5 Å². The molecule has 0 heterocycles. The second-order valence-electron chi connectivity index (χ2n) is 7.37. The van der Waals surface area contributed by atoms with Crippen molar-refractivity contribution in [1.29, 1.82) is 0 Å². The van der Waals surface area contributed by atoms with Gasteiger partial charge in [0.2, 0.25) is 5.91 Å². The highest BCUT2D eigenvalue weighted by atomic mass is 16.5. The lowest BCUT2D eigenvalue weighted by atomic mass is 10.0. The molecule has 0 saturated carbocycles. The fraction of sp³-hybridized carbons (Fsp3) is 0.450. The zero-order chi connectivity index (χ0) is 24.1. The Hall–Kier alpha value is -3.83. The van der Waals surface area contributed by atoms with E-state index in [-0.39, 0.29) is 12.5 Å². The summed E-state index contributed by atoms with van der Waals surface area (Å²) in [5.41, 5.74) is 9.11. The first kappa shape index (κ1) is 26.2. The summed E-state index contributed by atoms with van der Waals surface area (Å²) in [7, 11) is 0. The van der Waals surface area contributed by atoms with Crippen molar-refractivity contribution < 1.29 is 28.7 Å². The molecule has 0 spiro atoms. The highest BCUT2D eigenvalue weighted by Crippen LogP contribution is 2.06. The van der Waals surface area contributed by atoms with Crippen LogP contribution in [0.2, 0.25) is 0 Å². The van der Waals surface area contributed by atoms with Gasteiger partial charge in [-0.15, -0.1) is 0 Å². The van der Waals surface area contributed by atoms with Crippen LogP contribution in [0.15, 0.2) is 30.3 Å². The van der Waals surface area contributed by atoms with Gasteiger partial charge in [-0.05, 0) is 24.8 Å². The lowest BCUT2D eigenvalue weighted by Gasteiger charge is -2.20. The van der Waals surface area contributed by atoms with Crippen molar-refractivity contribution in [2.24, 2.45) is 5.92 Å². The Morgan fingerprint density at radius 2 is 1.44 bits per heavy atom. The molecule has 1 aromatic carbocycles. The average Bonchev–Trinajstić information content (AvgIpc) is 2.73. The molecular weight excluding hydrogens is 420 g/mol. The number of amides is 6. The largest absolute Gasteiger partial charge is 0.445 e. The van der Waals surface area contributed by atoms with E-state index in [0.717, 1.165) is 5.56 Å². The number of carbonyl (C=O) groups is 5. The van der Waals surface area contributed by atoms with Crippen LogP contribution < -0.4 is 32.3 Å². The number of benzene rings is 1. The predicted molar refractivity (Wildman–Crippen MR) is 114 cm³/mol. The van der Waals surface area contributed by atoms with Crippen molar-refractivity contribution in [3.8, 4) is 0 Å².